The van der Waals surface area contributed by atoms with Gasteiger partial charge in [-0.15, -0.1) is 0 Å². The number of imidazole rings is 1. The minimum Gasteiger partial charge on any atom is -0.351 e. The van der Waals surface area contributed by atoms with E-state index in [4.69, 9.17) is 0 Å². The number of hydrogen-bond acceptors (Lipinski definition) is 4. The largest absolute Gasteiger partial charge is 0.351 e. The highest BCUT2D eigenvalue weighted by molar-refractivity contribution is 7.92. The molecule has 0 fully saturated rings. The van der Waals surface area contributed by atoms with Crippen LogP contribution in [0.25, 0.3) is 0 Å². The quantitative estimate of drug-likeness (QED) is 0.618. The predicted molar refractivity (Wildman–Crippen MR) is 113 cm³/mol. The summed E-state index contributed by atoms with van der Waals surface area (Å²) in [6, 6.07) is 17.4. The van der Waals surface area contributed by atoms with E-state index in [1.807, 2.05) is 61.5 Å². The third-order valence-corrected chi connectivity index (χ3v) is 6.90. The molecule has 0 aliphatic heterocycles. The summed E-state index contributed by atoms with van der Waals surface area (Å²) in [4.78, 5) is 16.7. The van der Waals surface area contributed by atoms with Crippen LogP contribution in [0.5, 0.6) is 0 Å². The minimum absolute atomic E-state index is 0.286. The number of carbonyl (C=O) groups is 1. The normalized spacial score (nSPS) is 12.5. The van der Waals surface area contributed by atoms with Crippen molar-refractivity contribution in [3.63, 3.8) is 0 Å². The van der Waals surface area contributed by atoms with E-state index in [1.165, 1.54) is 6.92 Å². The first-order valence-corrected chi connectivity index (χ1v) is 11.2. The minimum atomic E-state index is -3.71. The first kappa shape index (κ1) is 20.8. The van der Waals surface area contributed by atoms with Crippen molar-refractivity contribution in [1.82, 2.24) is 14.9 Å². The molecule has 0 aliphatic rings. The third-order valence-electron chi connectivity index (χ3n) is 4.95. The number of carbonyl (C=O) groups excluding carboxylic acids is 1. The van der Waals surface area contributed by atoms with E-state index in [1.54, 1.807) is 17.0 Å². The number of rotatable bonds is 8. The van der Waals surface area contributed by atoms with Gasteiger partial charge in [-0.2, -0.15) is 0 Å². The molecule has 152 valence electrons. The Hall–Kier alpha value is -2.93. The van der Waals surface area contributed by atoms with Crippen molar-refractivity contribution in [2.75, 3.05) is 0 Å². The summed E-state index contributed by atoms with van der Waals surface area (Å²) in [6.45, 7) is 4.20. The highest BCUT2D eigenvalue weighted by atomic mass is 32.2. The summed E-state index contributed by atoms with van der Waals surface area (Å²) in [5, 5.41) is 1.58. The van der Waals surface area contributed by atoms with Crippen LogP contribution in [0.1, 0.15) is 29.4 Å². The van der Waals surface area contributed by atoms with E-state index in [0.29, 0.717) is 18.9 Å². The lowest BCUT2D eigenvalue weighted by Crippen LogP contribution is -2.38. The molecule has 0 radical (unpaired) electrons. The number of aromatic nitrogens is 2. The summed E-state index contributed by atoms with van der Waals surface area (Å²) < 4.78 is 27.4. The van der Waals surface area contributed by atoms with Crippen LogP contribution in [0.15, 0.2) is 67.0 Å². The van der Waals surface area contributed by atoms with Crippen LogP contribution in [-0.4, -0.2) is 29.1 Å². The first-order valence-electron chi connectivity index (χ1n) is 9.44. The van der Waals surface area contributed by atoms with E-state index in [9.17, 15) is 13.2 Å². The zero-order chi connectivity index (χ0) is 20.9. The Balaban J connectivity index is 1.65. The third kappa shape index (κ3) is 5.32. The molecule has 1 unspecified atom stereocenters. The van der Waals surface area contributed by atoms with Gasteiger partial charge < -0.3 is 9.88 Å². The van der Waals surface area contributed by atoms with Gasteiger partial charge in [0.05, 0.1) is 0 Å². The Labute approximate surface area is 171 Å². The maximum absolute atomic E-state index is 12.8. The van der Waals surface area contributed by atoms with Gasteiger partial charge in [-0.3, -0.25) is 4.79 Å². The van der Waals surface area contributed by atoms with E-state index in [-0.39, 0.29) is 5.75 Å². The van der Waals surface area contributed by atoms with Gasteiger partial charge in [0.15, 0.2) is 9.84 Å². The molecule has 0 spiro atoms. The van der Waals surface area contributed by atoms with E-state index < -0.39 is 21.0 Å². The molecule has 1 atom stereocenters. The summed E-state index contributed by atoms with van der Waals surface area (Å²) in [7, 11) is -3.71. The van der Waals surface area contributed by atoms with Crippen molar-refractivity contribution in [2.24, 2.45) is 0 Å². The van der Waals surface area contributed by atoms with Crippen LogP contribution in [0.2, 0.25) is 0 Å². The molecule has 3 aromatic rings. The molecule has 1 N–H and O–H groups in total. The molecule has 29 heavy (non-hydrogen) atoms. The Morgan fingerprint density at radius 1 is 1.10 bits per heavy atom. The average molecular weight is 412 g/mol. The summed E-state index contributed by atoms with van der Waals surface area (Å²) in [6.07, 6.45) is 3.33. The molecular formula is C22H25N3O3S. The summed E-state index contributed by atoms with van der Waals surface area (Å²) >= 11 is 0. The Kier molecular flexibility index (Phi) is 6.49. The molecule has 7 heteroatoms. The predicted octanol–water partition coefficient (Wildman–Crippen LogP) is 2.86. The van der Waals surface area contributed by atoms with Crippen LogP contribution < -0.4 is 5.32 Å². The van der Waals surface area contributed by atoms with Gasteiger partial charge in [0.2, 0.25) is 5.91 Å². The van der Waals surface area contributed by atoms with E-state index in [2.05, 4.69) is 10.3 Å². The van der Waals surface area contributed by atoms with Crippen molar-refractivity contribution in [3.05, 3.63) is 89.5 Å². The number of sulfone groups is 1. The highest BCUT2D eigenvalue weighted by Crippen LogP contribution is 2.13. The molecule has 1 aromatic heterocycles. The van der Waals surface area contributed by atoms with Gasteiger partial charge >= 0.3 is 0 Å². The van der Waals surface area contributed by atoms with Crippen LogP contribution in [0.3, 0.4) is 0 Å². The van der Waals surface area contributed by atoms with Crippen LogP contribution in [-0.2, 0) is 33.5 Å². The van der Waals surface area contributed by atoms with Gasteiger partial charge in [-0.1, -0.05) is 54.6 Å². The molecule has 0 bridgehead atoms. The highest BCUT2D eigenvalue weighted by Gasteiger charge is 2.29. The van der Waals surface area contributed by atoms with Crippen molar-refractivity contribution in [3.8, 4) is 0 Å². The second-order valence-corrected chi connectivity index (χ2v) is 9.37. The Morgan fingerprint density at radius 2 is 1.79 bits per heavy atom. The number of nitrogens with zero attached hydrogens (tertiary/aromatic N) is 2. The fourth-order valence-electron chi connectivity index (χ4n) is 3.01. The maximum atomic E-state index is 12.8. The number of hydrogen-bond donors (Lipinski definition) is 1. The monoisotopic (exact) mass is 411 g/mol. The second kappa shape index (κ2) is 9.05. The molecule has 0 aliphatic carbocycles. The second-order valence-electron chi connectivity index (χ2n) is 7.05. The van der Waals surface area contributed by atoms with Crippen molar-refractivity contribution < 1.29 is 13.2 Å². The van der Waals surface area contributed by atoms with Crippen LogP contribution in [0, 0.1) is 6.92 Å². The first-order chi connectivity index (χ1) is 13.9. The number of benzene rings is 2. The lowest BCUT2D eigenvalue weighted by molar-refractivity contribution is -0.120. The Morgan fingerprint density at radius 3 is 2.52 bits per heavy atom. The van der Waals surface area contributed by atoms with Crippen LogP contribution >= 0.6 is 0 Å². The molecule has 1 amide bonds. The summed E-state index contributed by atoms with van der Waals surface area (Å²) in [5.74, 6) is -0.368. The number of aryl methyl sites for hydroxylation is 1. The topological polar surface area (TPSA) is 81.1 Å². The molecule has 0 saturated heterocycles. The van der Waals surface area contributed by atoms with Gasteiger partial charge in [-0.25, -0.2) is 13.4 Å². The van der Waals surface area contributed by atoms with Crippen molar-refractivity contribution in [2.45, 2.75) is 37.9 Å². The van der Waals surface area contributed by atoms with Crippen molar-refractivity contribution >= 4 is 15.7 Å². The fraction of sp³-hybridized carbons (Fsp3) is 0.273. The Bertz CT molecular complexity index is 1080. The number of amides is 1. The SMILES string of the molecule is Cc1ccccc1CNC(=O)C(C)S(=O)(=O)Cc1nccn1Cc1ccccc1. The molecule has 0 saturated carbocycles. The molecular weight excluding hydrogens is 386 g/mol. The van der Waals surface area contributed by atoms with Gasteiger partial charge in [0, 0.05) is 25.5 Å². The zero-order valence-corrected chi connectivity index (χ0v) is 17.4. The van der Waals surface area contributed by atoms with Gasteiger partial charge in [0.1, 0.15) is 16.8 Å². The lowest BCUT2D eigenvalue weighted by atomic mass is 10.1. The molecule has 6 nitrogen and oxygen atoms in total. The lowest BCUT2D eigenvalue weighted by Gasteiger charge is -2.15. The molecule has 2 aromatic carbocycles. The van der Waals surface area contributed by atoms with Crippen molar-refractivity contribution in [1.29, 1.82) is 0 Å². The molecule has 3 rings (SSSR count). The smallest absolute Gasteiger partial charge is 0.238 e. The van der Waals surface area contributed by atoms with Gasteiger partial charge in [0.25, 0.3) is 0 Å². The zero-order valence-electron chi connectivity index (χ0n) is 16.6. The maximum Gasteiger partial charge on any atom is 0.238 e. The van der Waals surface area contributed by atoms with E-state index in [0.717, 1.165) is 16.7 Å². The average Bonchev–Trinajstić information content (AvgIpc) is 3.13. The van der Waals surface area contributed by atoms with Crippen LogP contribution in [0.4, 0.5) is 0 Å². The standard InChI is InChI=1S/C22H25N3O3S/c1-17-8-6-7-11-20(17)14-24-22(26)18(2)29(27,28)16-21-23-12-13-25(21)15-19-9-4-3-5-10-19/h3-13,18H,14-16H2,1-2H3,(H,24,26). The fourth-order valence-corrected chi connectivity index (χ4v) is 4.27. The van der Waals surface area contributed by atoms with E-state index >= 15 is 0 Å². The van der Waals surface area contributed by atoms with Gasteiger partial charge in [-0.05, 0) is 30.5 Å². The molecule has 1 heterocycles. The number of nitrogens with one attached hydrogen (secondary N) is 1. The summed E-state index contributed by atoms with van der Waals surface area (Å²) in [5.41, 5.74) is 3.06.